The highest BCUT2D eigenvalue weighted by atomic mass is 16.5. The van der Waals surface area contributed by atoms with E-state index in [0.717, 1.165) is 5.39 Å². The second-order valence-electron chi connectivity index (χ2n) is 3.21. The molecule has 0 aliphatic rings. The minimum Gasteiger partial charge on any atom is -0.477 e. The Morgan fingerprint density at radius 3 is 2.60 bits per heavy atom. The monoisotopic (exact) mass is 207 g/mol. The van der Waals surface area contributed by atoms with Crippen LogP contribution in [-0.2, 0) is 0 Å². The summed E-state index contributed by atoms with van der Waals surface area (Å²) >= 11 is 0. The number of hydrogen-bond acceptors (Lipinski definition) is 3. The molecule has 0 unspecified atom stereocenters. The molecule has 0 atom stereocenters. The van der Waals surface area contributed by atoms with Crippen molar-refractivity contribution in [3.8, 4) is 0 Å². The van der Waals surface area contributed by atoms with Crippen LogP contribution in [-0.4, -0.2) is 26.3 Å². The summed E-state index contributed by atoms with van der Waals surface area (Å²) in [5.41, 5.74) is 0.967. The molecule has 4 N–H and O–H groups in total. The van der Waals surface area contributed by atoms with Crippen LogP contribution in [0.4, 0.5) is 0 Å². The van der Waals surface area contributed by atoms with Crippen LogP contribution in [0.5, 0.6) is 0 Å². The molecule has 2 aromatic rings. The molecule has 15 heavy (non-hydrogen) atoms. The Bertz CT molecular complexity index is 515. The van der Waals surface area contributed by atoms with Crippen molar-refractivity contribution in [3.63, 3.8) is 0 Å². The Hall–Kier alpha value is -1.85. The van der Waals surface area contributed by atoms with Gasteiger partial charge in [-0.05, 0) is 12.1 Å². The number of benzene rings is 1. The Labute approximate surface area is 84.6 Å². The Balaban J connectivity index is 2.57. The molecule has 1 aromatic carbocycles. The van der Waals surface area contributed by atoms with E-state index in [2.05, 4.69) is 4.98 Å². The zero-order chi connectivity index (χ0) is 11.0. The summed E-state index contributed by atoms with van der Waals surface area (Å²) in [5, 5.41) is 27.3. The van der Waals surface area contributed by atoms with Crippen LogP contribution in [0.3, 0.4) is 0 Å². The van der Waals surface area contributed by atoms with Crippen molar-refractivity contribution in [1.29, 1.82) is 0 Å². The van der Waals surface area contributed by atoms with Crippen molar-refractivity contribution >= 4 is 16.9 Å². The lowest BCUT2D eigenvalue weighted by molar-refractivity contribution is -0.0424. The molecule has 0 bridgehead atoms. The number of carbonyl (C=O) groups is 1. The predicted molar refractivity (Wildman–Crippen MR) is 52.4 cm³/mol. The maximum atomic E-state index is 10.7. The first-order valence-corrected chi connectivity index (χ1v) is 4.30. The van der Waals surface area contributed by atoms with E-state index in [-0.39, 0.29) is 5.69 Å². The van der Waals surface area contributed by atoms with Gasteiger partial charge in [0.15, 0.2) is 6.29 Å². The van der Waals surface area contributed by atoms with Crippen LogP contribution in [0, 0.1) is 0 Å². The van der Waals surface area contributed by atoms with Crippen molar-refractivity contribution < 1.29 is 20.1 Å². The fourth-order valence-electron chi connectivity index (χ4n) is 1.42. The Kier molecular flexibility index (Phi) is 2.18. The van der Waals surface area contributed by atoms with E-state index >= 15 is 0 Å². The molecule has 0 fully saturated rings. The first kappa shape index (κ1) is 9.70. The van der Waals surface area contributed by atoms with E-state index < -0.39 is 12.3 Å². The lowest BCUT2D eigenvalue weighted by atomic mass is 10.1. The zero-order valence-corrected chi connectivity index (χ0v) is 7.64. The number of aromatic amines is 1. The molecule has 78 valence electrons. The van der Waals surface area contributed by atoms with E-state index in [4.69, 9.17) is 15.3 Å². The highest BCUT2D eigenvalue weighted by molar-refractivity contribution is 5.93. The highest BCUT2D eigenvalue weighted by Gasteiger charge is 2.09. The number of aromatic carboxylic acids is 1. The van der Waals surface area contributed by atoms with Gasteiger partial charge in [0.1, 0.15) is 5.69 Å². The number of carboxylic acids is 1. The second-order valence-corrected chi connectivity index (χ2v) is 3.21. The summed E-state index contributed by atoms with van der Waals surface area (Å²) in [6.45, 7) is 0. The van der Waals surface area contributed by atoms with Crippen molar-refractivity contribution in [3.05, 3.63) is 35.5 Å². The summed E-state index contributed by atoms with van der Waals surface area (Å²) in [5.74, 6) is -1.04. The van der Waals surface area contributed by atoms with Gasteiger partial charge in [-0.1, -0.05) is 12.1 Å². The lowest BCUT2D eigenvalue weighted by Gasteiger charge is -2.02. The molecular weight excluding hydrogens is 198 g/mol. The first-order chi connectivity index (χ1) is 7.08. The molecule has 1 aromatic heterocycles. The number of fused-ring (bicyclic) bond motifs is 1. The number of aromatic nitrogens is 1. The third-order valence-electron chi connectivity index (χ3n) is 2.18. The van der Waals surface area contributed by atoms with Crippen molar-refractivity contribution in [2.24, 2.45) is 0 Å². The molecule has 0 spiro atoms. The average molecular weight is 207 g/mol. The van der Waals surface area contributed by atoms with Crippen LogP contribution < -0.4 is 0 Å². The van der Waals surface area contributed by atoms with Gasteiger partial charge < -0.3 is 20.3 Å². The van der Waals surface area contributed by atoms with Crippen molar-refractivity contribution in [2.45, 2.75) is 6.29 Å². The number of carboxylic acid groups (broad SMARTS) is 1. The van der Waals surface area contributed by atoms with Gasteiger partial charge in [0.25, 0.3) is 0 Å². The molecule has 2 rings (SSSR count). The molecule has 0 saturated carbocycles. The van der Waals surface area contributed by atoms with Crippen LogP contribution >= 0.6 is 0 Å². The SMILES string of the molecule is O=C(O)c1cc2ccc(C(O)O)cc2[nH]1. The summed E-state index contributed by atoms with van der Waals surface area (Å²) < 4.78 is 0. The largest absolute Gasteiger partial charge is 0.477 e. The molecule has 0 amide bonds. The minimum atomic E-state index is -1.55. The standard InChI is InChI=1S/C10H9NO4/c12-9(13)6-2-1-5-3-8(10(14)15)11-7(5)4-6/h1-4,9,11-13H,(H,14,15). The van der Waals surface area contributed by atoms with Gasteiger partial charge in [0.05, 0.1) is 0 Å². The molecule has 0 aliphatic heterocycles. The van der Waals surface area contributed by atoms with Crippen LogP contribution in [0.25, 0.3) is 10.9 Å². The lowest BCUT2D eigenvalue weighted by Crippen LogP contribution is -1.95. The third-order valence-corrected chi connectivity index (χ3v) is 2.18. The Morgan fingerprint density at radius 2 is 2.00 bits per heavy atom. The Morgan fingerprint density at radius 1 is 1.27 bits per heavy atom. The molecule has 1 heterocycles. The maximum absolute atomic E-state index is 10.7. The number of rotatable bonds is 2. The average Bonchev–Trinajstić information content (AvgIpc) is 2.59. The third kappa shape index (κ3) is 1.70. The molecule has 5 heteroatoms. The van der Waals surface area contributed by atoms with Crippen molar-refractivity contribution in [2.75, 3.05) is 0 Å². The predicted octanol–water partition coefficient (Wildman–Crippen LogP) is 0.849. The fraction of sp³-hybridized carbons (Fsp3) is 0.100. The maximum Gasteiger partial charge on any atom is 0.352 e. The normalized spacial score (nSPS) is 11.1. The molecule has 0 aliphatic carbocycles. The van der Waals surface area contributed by atoms with Gasteiger partial charge in [0.2, 0.25) is 0 Å². The number of aliphatic hydroxyl groups is 2. The molecule has 0 saturated heterocycles. The number of hydrogen-bond donors (Lipinski definition) is 4. The van der Waals surface area contributed by atoms with Gasteiger partial charge in [-0.15, -0.1) is 0 Å². The fourth-order valence-corrected chi connectivity index (χ4v) is 1.42. The van der Waals surface area contributed by atoms with Gasteiger partial charge in [0, 0.05) is 16.5 Å². The smallest absolute Gasteiger partial charge is 0.352 e. The summed E-state index contributed by atoms with van der Waals surface area (Å²) in [4.78, 5) is 13.3. The molecule has 5 nitrogen and oxygen atoms in total. The van der Waals surface area contributed by atoms with E-state index in [9.17, 15) is 4.79 Å². The molecular formula is C10H9NO4. The zero-order valence-electron chi connectivity index (χ0n) is 7.64. The quantitative estimate of drug-likeness (QED) is 0.549. The number of H-pyrrole nitrogens is 1. The minimum absolute atomic E-state index is 0.0783. The van der Waals surface area contributed by atoms with E-state index in [1.165, 1.54) is 18.2 Å². The number of nitrogens with one attached hydrogen (secondary N) is 1. The van der Waals surface area contributed by atoms with Gasteiger partial charge in [-0.2, -0.15) is 0 Å². The van der Waals surface area contributed by atoms with Crippen LogP contribution in [0.1, 0.15) is 22.3 Å². The summed E-state index contributed by atoms with van der Waals surface area (Å²) in [6, 6.07) is 6.16. The number of aliphatic hydroxyl groups excluding tert-OH is 1. The summed E-state index contributed by atoms with van der Waals surface area (Å²) in [6.07, 6.45) is -1.55. The topological polar surface area (TPSA) is 93.6 Å². The van der Waals surface area contributed by atoms with E-state index in [1.807, 2.05) is 0 Å². The van der Waals surface area contributed by atoms with Crippen LogP contribution in [0.2, 0.25) is 0 Å². The van der Waals surface area contributed by atoms with Crippen molar-refractivity contribution in [1.82, 2.24) is 4.98 Å². The van der Waals surface area contributed by atoms with Crippen LogP contribution in [0.15, 0.2) is 24.3 Å². The first-order valence-electron chi connectivity index (χ1n) is 4.30. The van der Waals surface area contributed by atoms with Gasteiger partial charge in [-0.3, -0.25) is 0 Å². The molecule has 0 radical (unpaired) electrons. The van der Waals surface area contributed by atoms with E-state index in [0.29, 0.717) is 11.1 Å². The second kappa shape index (κ2) is 3.38. The highest BCUT2D eigenvalue weighted by Crippen LogP contribution is 2.19. The summed E-state index contributed by atoms with van der Waals surface area (Å²) in [7, 11) is 0. The van der Waals surface area contributed by atoms with Gasteiger partial charge in [-0.25, -0.2) is 4.79 Å². The van der Waals surface area contributed by atoms with Gasteiger partial charge >= 0.3 is 5.97 Å². The van der Waals surface area contributed by atoms with E-state index in [1.54, 1.807) is 6.07 Å².